The first-order chi connectivity index (χ1) is 11.5. The van der Waals surface area contributed by atoms with Crippen LogP contribution in [0.1, 0.15) is 30.3 Å². The van der Waals surface area contributed by atoms with Crippen molar-refractivity contribution in [3.05, 3.63) is 11.1 Å². The molecule has 0 spiro atoms. The van der Waals surface area contributed by atoms with E-state index in [1.807, 2.05) is 0 Å². The molecule has 9 heteroatoms. The van der Waals surface area contributed by atoms with Crippen molar-refractivity contribution >= 4 is 34.2 Å². The average molecular weight is 351 g/mol. The average Bonchev–Trinajstić information content (AvgIpc) is 3.22. The second kappa shape index (κ2) is 7.27. The maximum atomic E-state index is 12.4. The zero-order valence-corrected chi connectivity index (χ0v) is 14.4. The quantitative estimate of drug-likeness (QED) is 0.787. The fraction of sp³-hybridized carbons (Fsp3) is 0.600. The van der Waals surface area contributed by atoms with Crippen LogP contribution in [0.15, 0.2) is 5.38 Å². The van der Waals surface area contributed by atoms with Crippen molar-refractivity contribution in [1.29, 1.82) is 0 Å². The third-order valence-corrected chi connectivity index (χ3v) is 4.73. The SMILES string of the molecule is CC(=O)Nc1nc(C(=O)N2CCN(CC(=O)NC3CC3)CC2)cs1. The van der Waals surface area contributed by atoms with Crippen LogP contribution in [0, 0.1) is 0 Å². The van der Waals surface area contributed by atoms with Gasteiger partial charge in [-0.3, -0.25) is 19.3 Å². The monoisotopic (exact) mass is 351 g/mol. The Kier molecular flexibility index (Phi) is 5.10. The molecule has 0 unspecified atom stereocenters. The van der Waals surface area contributed by atoms with Gasteiger partial charge in [-0.15, -0.1) is 11.3 Å². The molecule has 1 saturated heterocycles. The standard InChI is InChI=1S/C15H21N5O3S/c1-10(21)16-15-18-12(9-24-15)14(23)20-6-4-19(5-7-20)8-13(22)17-11-2-3-11/h9,11H,2-8H2,1H3,(H,17,22)(H,16,18,21). The number of nitrogens with zero attached hydrogens (tertiary/aromatic N) is 3. The Morgan fingerprint density at radius 3 is 2.58 bits per heavy atom. The Hall–Kier alpha value is -2.00. The maximum absolute atomic E-state index is 12.4. The Morgan fingerprint density at radius 1 is 1.25 bits per heavy atom. The normalized spacial score (nSPS) is 18.3. The summed E-state index contributed by atoms with van der Waals surface area (Å²) in [6.45, 7) is 4.29. The summed E-state index contributed by atoms with van der Waals surface area (Å²) >= 11 is 1.24. The predicted molar refractivity (Wildman–Crippen MR) is 89.9 cm³/mol. The van der Waals surface area contributed by atoms with Crippen LogP contribution in [0.3, 0.4) is 0 Å². The van der Waals surface area contributed by atoms with Gasteiger partial charge in [0.25, 0.3) is 5.91 Å². The van der Waals surface area contributed by atoms with Gasteiger partial charge in [0.2, 0.25) is 11.8 Å². The lowest BCUT2D eigenvalue weighted by atomic mass is 10.3. The lowest BCUT2D eigenvalue weighted by molar-refractivity contribution is -0.122. The number of piperazine rings is 1. The molecule has 0 bridgehead atoms. The minimum Gasteiger partial charge on any atom is -0.352 e. The van der Waals surface area contributed by atoms with Crippen molar-refractivity contribution in [2.45, 2.75) is 25.8 Å². The number of amides is 3. The molecule has 3 rings (SSSR count). The number of aromatic nitrogens is 1. The highest BCUT2D eigenvalue weighted by molar-refractivity contribution is 7.14. The molecule has 1 saturated carbocycles. The Labute approximate surface area is 144 Å². The molecule has 2 fully saturated rings. The van der Waals surface area contributed by atoms with E-state index in [9.17, 15) is 14.4 Å². The van der Waals surface area contributed by atoms with Crippen LogP contribution in [0.25, 0.3) is 0 Å². The van der Waals surface area contributed by atoms with Gasteiger partial charge in [-0.1, -0.05) is 0 Å². The Morgan fingerprint density at radius 2 is 1.96 bits per heavy atom. The van der Waals surface area contributed by atoms with Crippen molar-refractivity contribution in [3.63, 3.8) is 0 Å². The van der Waals surface area contributed by atoms with Crippen molar-refractivity contribution in [2.75, 3.05) is 38.0 Å². The van der Waals surface area contributed by atoms with Crippen LogP contribution in [0.5, 0.6) is 0 Å². The predicted octanol–water partition coefficient (Wildman–Crippen LogP) is 0.138. The lowest BCUT2D eigenvalue weighted by Gasteiger charge is -2.33. The smallest absolute Gasteiger partial charge is 0.273 e. The van der Waals surface area contributed by atoms with Crippen molar-refractivity contribution in [2.24, 2.45) is 0 Å². The minimum absolute atomic E-state index is 0.0664. The molecule has 3 amide bonds. The molecule has 0 radical (unpaired) electrons. The highest BCUT2D eigenvalue weighted by atomic mass is 32.1. The number of thiazole rings is 1. The van der Waals surface area contributed by atoms with Gasteiger partial charge in [-0.25, -0.2) is 4.98 Å². The maximum Gasteiger partial charge on any atom is 0.273 e. The number of anilines is 1. The van der Waals surface area contributed by atoms with Gasteiger partial charge in [0.1, 0.15) is 5.69 Å². The minimum atomic E-state index is -0.207. The van der Waals surface area contributed by atoms with E-state index >= 15 is 0 Å². The molecule has 24 heavy (non-hydrogen) atoms. The van der Waals surface area contributed by atoms with Crippen LogP contribution < -0.4 is 10.6 Å². The molecule has 8 nitrogen and oxygen atoms in total. The molecule has 1 aliphatic heterocycles. The first kappa shape index (κ1) is 16.8. The van der Waals surface area contributed by atoms with Crippen LogP contribution in [0.2, 0.25) is 0 Å². The highest BCUT2D eigenvalue weighted by Crippen LogP contribution is 2.19. The van der Waals surface area contributed by atoms with Crippen LogP contribution in [0.4, 0.5) is 5.13 Å². The summed E-state index contributed by atoms with van der Waals surface area (Å²) in [4.78, 5) is 43.2. The topological polar surface area (TPSA) is 94.6 Å². The van der Waals surface area contributed by atoms with Gasteiger partial charge >= 0.3 is 0 Å². The first-order valence-electron chi connectivity index (χ1n) is 8.05. The van der Waals surface area contributed by atoms with Gasteiger partial charge < -0.3 is 15.5 Å². The number of hydrogen-bond acceptors (Lipinski definition) is 6. The zero-order chi connectivity index (χ0) is 17.1. The lowest BCUT2D eigenvalue weighted by Crippen LogP contribution is -2.51. The third-order valence-electron chi connectivity index (χ3n) is 3.98. The summed E-state index contributed by atoms with van der Waals surface area (Å²) in [5.41, 5.74) is 0.351. The number of rotatable bonds is 5. The van der Waals surface area contributed by atoms with Gasteiger partial charge in [0.05, 0.1) is 6.54 Å². The van der Waals surface area contributed by atoms with Gasteiger partial charge in [-0.2, -0.15) is 0 Å². The van der Waals surface area contributed by atoms with E-state index < -0.39 is 0 Å². The molecule has 1 aliphatic carbocycles. The summed E-state index contributed by atoms with van der Waals surface area (Å²) < 4.78 is 0. The van der Waals surface area contributed by atoms with E-state index in [-0.39, 0.29) is 17.7 Å². The first-order valence-corrected chi connectivity index (χ1v) is 8.93. The summed E-state index contributed by atoms with van der Waals surface area (Å²) in [5.74, 6) is -0.275. The van der Waals surface area contributed by atoms with Gasteiger partial charge in [0, 0.05) is 44.5 Å². The fourth-order valence-corrected chi connectivity index (χ4v) is 3.29. The van der Waals surface area contributed by atoms with Crippen LogP contribution in [-0.2, 0) is 9.59 Å². The Bertz CT molecular complexity index is 635. The second-order valence-corrected chi connectivity index (χ2v) is 6.99. The van der Waals surface area contributed by atoms with E-state index in [0.29, 0.717) is 49.6 Å². The molecule has 0 atom stereocenters. The van der Waals surface area contributed by atoms with E-state index in [4.69, 9.17) is 0 Å². The fourth-order valence-electron chi connectivity index (χ4n) is 2.56. The highest BCUT2D eigenvalue weighted by Gasteiger charge is 2.27. The van der Waals surface area contributed by atoms with E-state index in [0.717, 1.165) is 12.8 Å². The molecule has 130 valence electrons. The second-order valence-electron chi connectivity index (χ2n) is 6.13. The molecular weight excluding hydrogens is 330 g/mol. The molecule has 0 aromatic carbocycles. The summed E-state index contributed by atoms with van der Waals surface area (Å²) in [5, 5.41) is 7.64. The molecule has 2 heterocycles. The Balaban J connectivity index is 1.46. The van der Waals surface area contributed by atoms with Crippen LogP contribution >= 0.6 is 11.3 Å². The molecular formula is C15H21N5O3S. The zero-order valence-electron chi connectivity index (χ0n) is 13.6. The number of nitrogens with one attached hydrogen (secondary N) is 2. The molecule has 1 aromatic heterocycles. The van der Waals surface area contributed by atoms with Crippen molar-refractivity contribution in [1.82, 2.24) is 20.1 Å². The van der Waals surface area contributed by atoms with Crippen molar-refractivity contribution < 1.29 is 14.4 Å². The number of carbonyl (C=O) groups is 3. The molecule has 1 aromatic rings. The van der Waals surface area contributed by atoms with Crippen molar-refractivity contribution in [3.8, 4) is 0 Å². The summed E-state index contributed by atoms with van der Waals surface area (Å²) in [6, 6.07) is 0.378. The van der Waals surface area contributed by atoms with Gasteiger partial charge in [-0.05, 0) is 12.8 Å². The molecule has 2 N–H and O–H groups in total. The number of carbonyl (C=O) groups excluding carboxylic acids is 3. The third kappa shape index (κ3) is 4.51. The number of hydrogen-bond donors (Lipinski definition) is 2. The van der Waals surface area contributed by atoms with Crippen LogP contribution in [-0.4, -0.2) is 71.3 Å². The van der Waals surface area contributed by atoms with E-state index in [1.54, 1.807) is 10.3 Å². The summed E-state index contributed by atoms with van der Waals surface area (Å²) in [7, 11) is 0. The van der Waals surface area contributed by atoms with E-state index in [2.05, 4.69) is 20.5 Å². The molecule has 2 aliphatic rings. The largest absolute Gasteiger partial charge is 0.352 e. The van der Waals surface area contributed by atoms with Gasteiger partial charge in [0.15, 0.2) is 5.13 Å². The van der Waals surface area contributed by atoms with E-state index in [1.165, 1.54) is 18.3 Å². The summed E-state index contributed by atoms with van der Waals surface area (Å²) in [6.07, 6.45) is 2.17.